The maximum absolute atomic E-state index is 5.87. The van der Waals surface area contributed by atoms with Gasteiger partial charge in [-0.1, -0.05) is 6.07 Å². The maximum Gasteiger partial charge on any atom is 0.124 e. The van der Waals surface area contributed by atoms with Gasteiger partial charge in [-0.15, -0.1) is 0 Å². The molecule has 0 N–H and O–H groups in total. The molecule has 1 aromatic heterocycles. The molecule has 3 rings (SSSR count). The number of hydrogen-bond donors (Lipinski definition) is 0. The van der Waals surface area contributed by atoms with Crippen molar-refractivity contribution in [3.63, 3.8) is 0 Å². The highest BCUT2D eigenvalue weighted by molar-refractivity contribution is 5.52. The molecule has 0 unspecified atom stereocenters. The van der Waals surface area contributed by atoms with Crippen molar-refractivity contribution >= 4 is 5.69 Å². The third-order valence-corrected chi connectivity index (χ3v) is 3.73. The first kappa shape index (κ1) is 13.9. The van der Waals surface area contributed by atoms with Crippen LogP contribution in [-0.4, -0.2) is 37.1 Å². The Morgan fingerprint density at radius 3 is 2.90 bits per heavy atom. The molecule has 110 valence electrons. The molecule has 0 fully saturated rings. The standard InChI is InChI=1S/C17H21N3O/c1-19(2)16-6-7-17-14(11-16)12-20(9-10-21-17)13-15-5-3-4-8-18-15/h3-8,11H,9-10,12-13H2,1-2H3. The Hall–Kier alpha value is -2.07. The average Bonchev–Trinajstić information content (AvgIpc) is 2.69. The number of rotatable bonds is 3. The first-order valence-electron chi connectivity index (χ1n) is 7.28. The number of ether oxygens (including phenoxy) is 1. The highest BCUT2D eigenvalue weighted by Gasteiger charge is 2.16. The number of benzene rings is 1. The van der Waals surface area contributed by atoms with Crippen molar-refractivity contribution in [2.24, 2.45) is 0 Å². The van der Waals surface area contributed by atoms with Crippen LogP contribution in [0, 0.1) is 0 Å². The summed E-state index contributed by atoms with van der Waals surface area (Å²) in [5.41, 5.74) is 3.55. The molecule has 0 amide bonds. The van der Waals surface area contributed by atoms with E-state index in [1.165, 1.54) is 11.3 Å². The van der Waals surface area contributed by atoms with Crippen LogP contribution in [0.2, 0.25) is 0 Å². The molecule has 21 heavy (non-hydrogen) atoms. The molecule has 2 aromatic rings. The van der Waals surface area contributed by atoms with Crippen LogP contribution in [0.1, 0.15) is 11.3 Å². The molecule has 1 aliphatic rings. The van der Waals surface area contributed by atoms with E-state index in [1.807, 2.05) is 18.3 Å². The van der Waals surface area contributed by atoms with E-state index in [1.54, 1.807) is 0 Å². The third kappa shape index (κ3) is 3.34. The third-order valence-electron chi connectivity index (χ3n) is 3.73. The second-order valence-electron chi connectivity index (χ2n) is 5.57. The van der Waals surface area contributed by atoms with Crippen molar-refractivity contribution in [1.82, 2.24) is 9.88 Å². The molecule has 0 radical (unpaired) electrons. The number of anilines is 1. The lowest BCUT2D eigenvalue weighted by molar-refractivity contribution is 0.218. The van der Waals surface area contributed by atoms with Gasteiger partial charge in [-0.3, -0.25) is 9.88 Å². The first-order chi connectivity index (χ1) is 10.2. The molecular formula is C17H21N3O. The van der Waals surface area contributed by atoms with Crippen molar-refractivity contribution < 1.29 is 4.74 Å². The molecule has 0 saturated heterocycles. The Kier molecular flexibility index (Phi) is 4.06. The molecule has 0 saturated carbocycles. The second-order valence-corrected chi connectivity index (χ2v) is 5.57. The van der Waals surface area contributed by atoms with Gasteiger partial charge in [-0.05, 0) is 30.3 Å². The fourth-order valence-corrected chi connectivity index (χ4v) is 2.57. The van der Waals surface area contributed by atoms with Gasteiger partial charge in [-0.2, -0.15) is 0 Å². The molecule has 1 aliphatic heterocycles. The summed E-state index contributed by atoms with van der Waals surface area (Å²) in [6, 6.07) is 12.5. The lowest BCUT2D eigenvalue weighted by atomic mass is 10.1. The highest BCUT2D eigenvalue weighted by atomic mass is 16.5. The summed E-state index contributed by atoms with van der Waals surface area (Å²) in [5, 5.41) is 0. The van der Waals surface area contributed by atoms with E-state index in [0.29, 0.717) is 0 Å². The maximum atomic E-state index is 5.87. The van der Waals surface area contributed by atoms with Gasteiger partial charge in [0.1, 0.15) is 12.4 Å². The summed E-state index contributed by atoms with van der Waals surface area (Å²) in [6.45, 7) is 3.40. The molecule has 1 aromatic carbocycles. The normalized spacial score (nSPS) is 15.0. The topological polar surface area (TPSA) is 28.6 Å². The predicted octanol–water partition coefficient (Wildman–Crippen LogP) is 2.54. The molecule has 4 nitrogen and oxygen atoms in total. The van der Waals surface area contributed by atoms with E-state index in [0.717, 1.165) is 37.7 Å². The molecule has 0 bridgehead atoms. The fraction of sp³-hybridized carbons (Fsp3) is 0.353. The van der Waals surface area contributed by atoms with Crippen LogP contribution < -0.4 is 9.64 Å². The summed E-state index contributed by atoms with van der Waals surface area (Å²) in [7, 11) is 4.12. The predicted molar refractivity (Wildman–Crippen MR) is 84.6 cm³/mol. The number of nitrogens with zero attached hydrogens (tertiary/aromatic N) is 3. The summed E-state index contributed by atoms with van der Waals surface area (Å²) >= 11 is 0. The Labute approximate surface area is 126 Å². The lowest BCUT2D eigenvalue weighted by Gasteiger charge is -2.19. The number of fused-ring (bicyclic) bond motifs is 1. The van der Waals surface area contributed by atoms with Gasteiger partial charge in [0.15, 0.2) is 0 Å². The molecule has 2 heterocycles. The second kappa shape index (κ2) is 6.14. The van der Waals surface area contributed by atoms with Crippen LogP contribution in [-0.2, 0) is 13.1 Å². The van der Waals surface area contributed by atoms with Gasteiger partial charge in [0.25, 0.3) is 0 Å². The van der Waals surface area contributed by atoms with Crippen molar-refractivity contribution in [2.75, 3.05) is 32.1 Å². The number of hydrogen-bond acceptors (Lipinski definition) is 4. The first-order valence-corrected chi connectivity index (χ1v) is 7.28. The zero-order chi connectivity index (χ0) is 14.7. The van der Waals surface area contributed by atoms with Gasteiger partial charge in [0.05, 0.1) is 5.69 Å². The SMILES string of the molecule is CN(C)c1ccc2c(c1)CN(Cc1ccccn1)CCO2. The fourth-order valence-electron chi connectivity index (χ4n) is 2.57. The van der Waals surface area contributed by atoms with E-state index in [9.17, 15) is 0 Å². The van der Waals surface area contributed by atoms with Crippen molar-refractivity contribution in [3.8, 4) is 5.75 Å². The Morgan fingerprint density at radius 1 is 1.24 bits per heavy atom. The Bertz CT molecular complexity index is 598. The average molecular weight is 283 g/mol. The minimum Gasteiger partial charge on any atom is -0.492 e. The quantitative estimate of drug-likeness (QED) is 0.865. The summed E-state index contributed by atoms with van der Waals surface area (Å²) in [5.74, 6) is 1.00. The van der Waals surface area contributed by atoms with E-state index in [2.05, 4.69) is 53.1 Å². The lowest BCUT2D eigenvalue weighted by Crippen LogP contribution is -2.25. The van der Waals surface area contributed by atoms with Crippen LogP contribution in [0.3, 0.4) is 0 Å². The van der Waals surface area contributed by atoms with Crippen LogP contribution in [0.15, 0.2) is 42.6 Å². The van der Waals surface area contributed by atoms with Crippen molar-refractivity contribution in [1.29, 1.82) is 0 Å². The molecule has 0 atom stereocenters. The summed E-state index contributed by atoms with van der Waals surface area (Å²) < 4.78 is 5.87. The molecular weight excluding hydrogens is 262 g/mol. The summed E-state index contributed by atoms with van der Waals surface area (Å²) in [4.78, 5) is 8.92. The van der Waals surface area contributed by atoms with Gasteiger partial charge in [-0.25, -0.2) is 0 Å². The van der Waals surface area contributed by atoms with Crippen molar-refractivity contribution in [2.45, 2.75) is 13.1 Å². The van der Waals surface area contributed by atoms with E-state index < -0.39 is 0 Å². The van der Waals surface area contributed by atoms with E-state index >= 15 is 0 Å². The summed E-state index contributed by atoms with van der Waals surface area (Å²) in [6.07, 6.45) is 1.85. The Morgan fingerprint density at radius 2 is 2.14 bits per heavy atom. The van der Waals surface area contributed by atoms with Crippen molar-refractivity contribution in [3.05, 3.63) is 53.9 Å². The smallest absolute Gasteiger partial charge is 0.124 e. The van der Waals surface area contributed by atoms with Crippen LogP contribution >= 0.6 is 0 Å². The number of pyridine rings is 1. The zero-order valence-corrected chi connectivity index (χ0v) is 12.6. The molecule has 4 heteroatoms. The molecule has 0 spiro atoms. The van der Waals surface area contributed by atoms with Gasteiger partial charge >= 0.3 is 0 Å². The van der Waals surface area contributed by atoms with E-state index in [4.69, 9.17) is 4.74 Å². The number of aromatic nitrogens is 1. The zero-order valence-electron chi connectivity index (χ0n) is 12.6. The Balaban J connectivity index is 1.79. The molecule has 0 aliphatic carbocycles. The van der Waals surface area contributed by atoms with Crippen LogP contribution in [0.5, 0.6) is 5.75 Å². The van der Waals surface area contributed by atoms with Gasteiger partial charge < -0.3 is 9.64 Å². The monoisotopic (exact) mass is 283 g/mol. The minimum atomic E-state index is 0.723. The van der Waals surface area contributed by atoms with Gasteiger partial charge in [0.2, 0.25) is 0 Å². The van der Waals surface area contributed by atoms with E-state index in [-0.39, 0.29) is 0 Å². The van der Waals surface area contributed by atoms with Gasteiger partial charge in [0, 0.05) is 51.2 Å². The minimum absolute atomic E-state index is 0.723. The van der Waals surface area contributed by atoms with Crippen LogP contribution in [0.25, 0.3) is 0 Å². The highest BCUT2D eigenvalue weighted by Crippen LogP contribution is 2.27. The largest absolute Gasteiger partial charge is 0.492 e. The van der Waals surface area contributed by atoms with Crippen LogP contribution in [0.4, 0.5) is 5.69 Å².